The molecule has 0 heterocycles. The smallest absolute Gasteiger partial charge is 0.373 e. The second-order valence-corrected chi connectivity index (χ2v) is 7.39. The molecule has 0 fully saturated rings. The number of unbranched alkanes of at least 4 members (excludes halogenated alkanes) is 13. The van der Waals surface area contributed by atoms with Gasteiger partial charge in [-0.2, -0.15) is 0 Å². The zero-order chi connectivity index (χ0) is 21.0. The summed E-state index contributed by atoms with van der Waals surface area (Å²) in [5, 5.41) is 9.92. The molecule has 0 saturated heterocycles. The van der Waals surface area contributed by atoms with E-state index in [4.69, 9.17) is 4.74 Å². The molecule has 0 aromatic heterocycles. The summed E-state index contributed by atoms with van der Waals surface area (Å²) in [6.45, 7) is 4.05. The average Bonchev–Trinajstić information content (AvgIpc) is 2.70. The summed E-state index contributed by atoms with van der Waals surface area (Å²) in [4.78, 5) is 23.4. The molecule has 0 aliphatic heterocycles. The standard InChI is InChI=1S/C23H42O5/c1-4-6-7-8-9-10-11-12-13-14-15-16-17-18-19-20(22(25)27-3)21(24)23(26)28-5-2/h24H,4-19H2,1-3H3/b21-20+. The van der Waals surface area contributed by atoms with Crippen molar-refractivity contribution in [2.45, 2.75) is 110 Å². The van der Waals surface area contributed by atoms with Gasteiger partial charge >= 0.3 is 11.9 Å². The molecule has 0 saturated carbocycles. The van der Waals surface area contributed by atoms with Crippen LogP contribution in [0.4, 0.5) is 0 Å². The first-order chi connectivity index (χ1) is 13.6. The van der Waals surface area contributed by atoms with E-state index in [1.807, 2.05) is 0 Å². The molecule has 1 N–H and O–H groups in total. The van der Waals surface area contributed by atoms with E-state index in [0.717, 1.165) is 19.3 Å². The summed E-state index contributed by atoms with van der Waals surface area (Å²) in [7, 11) is 1.24. The number of carbonyl (C=O) groups excluding carboxylic acids is 2. The molecule has 0 atom stereocenters. The number of rotatable bonds is 18. The minimum Gasteiger partial charge on any atom is -0.501 e. The Balaban J connectivity index is 3.80. The van der Waals surface area contributed by atoms with Gasteiger partial charge in [-0.3, -0.25) is 0 Å². The first-order valence-corrected chi connectivity index (χ1v) is 11.3. The van der Waals surface area contributed by atoms with E-state index >= 15 is 0 Å². The Bertz CT molecular complexity index is 442. The van der Waals surface area contributed by atoms with E-state index < -0.39 is 17.7 Å². The molecule has 0 unspecified atom stereocenters. The predicted molar refractivity (Wildman–Crippen MR) is 113 cm³/mol. The second kappa shape index (κ2) is 18.8. The molecule has 0 bridgehead atoms. The topological polar surface area (TPSA) is 72.8 Å². The van der Waals surface area contributed by atoms with Crippen molar-refractivity contribution in [2.75, 3.05) is 13.7 Å². The molecule has 0 rings (SSSR count). The van der Waals surface area contributed by atoms with Crippen molar-refractivity contribution >= 4 is 11.9 Å². The molecule has 0 aromatic carbocycles. The highest BCUT2D eigenvalue weighted by molar-refractivity contribution is 5.98. The maximum absolute atomic E-state index is 11.8. The number of aliphatic hydroxyl groups excluding tert-OH is 1. The van der Waals surface area contributed by atoms with E-state index in [9.17, 15) is 14.7 Å². The van der Waals surface area contributed by atoms with Gasteiger partial charge < -0.3 is 14.6 Å². The third kappa shape index (κ3) is 13.6. The lowest BCUT2D eigenvalue weighted by molar-refractivity contribution is -0.143. The quantitative estimate of drug-likeness (QED) is 0.125. The molecule has 0 spiro atoms. The number of carbonyl (C=O) groups is 2. The lowest BCUT2D eigenvalue weighted by Crippen LogP contribution is -2.15. The van der Waals surface area contributed by atoms with Crippen molar-refractivity contribution in [1.82, 2.24) is 0 Å². The van der Waals surface area contributed by atoms with Gasteiger partial charge in [0.1, 0.15) is 0 Å². The van der Waals surface area contributed by atoms with Crippen LogP contribution >= 0.6 is 0 Å². The van der Waals surface area contributed by atoms with Gasteiger partial charge in [0.2, 0.25) is 5.76 Å². The normalized spacial score (nSPS) is 11.8. The maximum Gasteiger partial charge on any atom is 0.373 e. The molecule has 28 heavy (non-hydrogen) atoms. The number of aliphatic hydroxyl groups is 1. The summed E-state index contributed by atoms with van der Waals surface area (Å²) < 4.78 is 9.42. The van der Waals surface area contributed by atoms with Crippen LogP contribution in [0.3, 0.4) is 0 Å². The Labute approximate surface area is 171 Å². The average molecular weight is 399 g/mol. The number of hydrogen-bond acceptors (Lipinski definition) is 5. The van der Waals surface area contributed by atoms with Gasteiger partial charge in [-0.15, -0.1) is 0 Å². The van der Waals surface area contributed by atoms with E-state index in [0.29, 0.717) is 6.42 Å². The van der Waals surface area contributed by atoms with E-state index in [2.05, 4.69) is 11.7 Å². The summed E-state index contributed by atoms with van der Waals surface area (Å²) >= 11 is 0. The summed E-state index contributed by atoms with van der Waals surface area (Å²) in [5.74, 6) is -2.16. The minimum absolute atomic E-state index is 0.0138. The van der Waals surface area contributed by atoms with Gasteiger partial charge in [0, 0.05) is 0 Å². The second-order valence-electron chi connectivity index (χ2n) is 7.39. The van der Waals surface area contributed by atoms with Crippen molar-refractivity contribution in [3.05, 3.63) is 11.3 Å². The fourth-order valence-corrected chi connectivity index (χ4v) is 3.26. The summed E-state index contributed by atoms with van der Waals surface area (Å²) in [5.41, 5.74) is 0.0138. The Hall–Kier alpha value is -1.52. The third-order valence-corrected chi connectivity index (χ3v) is 4.97. The third-order valence-electron chi connectivity index (χ3n) is 4.97. The van der Waals surface area contributed by atoms with Gasteiger partial charge in [-0.25, -0.2) is 9.59 Å². The first-order valence-electron chi connectivity index (χ1n) is 11.3. The lowest BCUT2D eigenvalue weighted by atomic mass is 10.0. The Morgan fingerprint density at radius 3 is 1.50 bits per heavy atom. The minimum atomic E-state index is -0.867. The van der Waals surface area contributed by atoms with Crippen molar-refractivity contribution in [3.8, 4) is 0 Å². The van der Waals surface area contributed by atoms with Crippen molar-refractivity contribution in [3.63, 3.8) is 0 Å². The predicted octanol–water partition coefficient (Wildman–Crippen LogP) is 6.41. The number of esters is 2. The van der Waals surface area contributed by atoms with E-state index in [1.54, 1.807) is 6.92 Å². The zero-order valence-corrected chi connectivity index (χ0v) is 18.4. The number of ether oxygens (including phenoxy) is 2. The molecule has 0 aromatic rings. The molecule has 0 aliphatic carbocycles. The van der Waals surface area contributed by atoms with Crippen LogP contribution in [0, 0.1) is 0 Å². The van der Waals surface area contributed by atoms with Crippen LogP contribution in [0.2, 0.25) is 0 Å². The maximum atomic E-state index is 11.8. The van der Waals surface area contributed by atoms with Crippen LogP contribution < -0.4 is 0 Å². The monoisotopic (exact) mass is 398 g/mol. The summed E-state index contributed by atoms with van der Waals surface area (Å²) in [6, 6.07) is 0. The van der Waals surface area contributed by atoms with Crippen LogP contribution in [0.15, 0.2) is 11.3 Å². The van der Waals surface area contributed by atoms with Gasteiger partial charge in [-0.1, -0.05) is 90.4 Å². The van der Waals surface area contributed by atoms with Crippen LogP contribution in [0.25, 0.3) is 0 Å². The molecule has 0 radical (unpaired) electrons. The molecular formula is C23H42O5. The number of hydrogen-bond donors (Lipinski definition) is 1. The SMILES string of the molecule is CCCCCCCCCCCCCCCC/C(C(=O)OC)=C(\O)C(=O)OCC. The molecule has 5 nitrogen and oxygen atoms in total. The molecule has 164 valence electrons. The van der Waals surface area contributed by atoms with Crippen LogP contribution in [-0.2, 0) is 19.1 Å². The van der Waals surface area contributed by atoms with Crippen molar-refractivity contribution < 1.29 is 24.2 Å². The fraction of sp³-hybridized carbons (Fsp3) is 0.826. The zero-order valence-electron chi connectivity index (χ0n) is 18.4. The number of methoxy groups -OCH3 is 1. The molecule has 0 aliphatic rings. The van der Waals surface area contributed by atoms with Gasteiger partial charge in [-0.05, 0) is 19.8 Å². The summed E-state index contributed by atoms with van der Waals surface area (Å²) in [6.07, 6.45) is 17.8. The highest BCUT2D eigenvalue weighted by atomic mass is 16.5. The Morgan fingerprint density at radius 2 is 1.11 bits per heavy atom. The lowest BCUT2D eigenvalue weighted by Gasteiger charge is -2.08. The van der Waals surface area contributed by atoms with Crippen LogP contribution in [-0.4, -0.2) is 30.8 Å². The van der Waals surface area contributed by atoms with Crippen LogP contribution in [0.1, 0.15) is 110 Å². The fourth-order valence-electron chi connectivity index (χ4n) is 3.26. The van der Waals surface area contributed by atoms with Gasteiger partial charge in [0.25, 0.3) is 0 Å². The highest BCUT2D eigenvalue weighted by Crippen LogP contribution is 2.17. The Kier molecular flexibility index (Phi) is 17.8. The van der Waals surface area contributed by atoms with Gasteiger partial charge in [0.15, 0.2) is 0 Å². The Morgan fingerprint density at radius 1 is 0.679 bits per heavy atom. The van der Waals surface area contributed by atoms with E-state index in [-0.39, 0.29) is 12.2 Å². The highest BCUT2D eigenvalue weighted by Gasteiger charge is 2.21. The van der Waals surface area contributed by atoms with Gasteiger partial charge in [0.05, 0.1) is 19.3 Å². The molecule has 0 amide bonds. The molecule has 5 heteroatoms. The van der Waals surface area contributed by atoms with Crippen LogP contribution in [0.5, 0.6) is 0 Å². The largest absolute Gasteiger partial charge is 0.501 e. The first kappa shape index (κ1) is 26.5. The van der Waals surface area contributed by atoms with Crippen molar-refractivity contribution in [1.29, 1.82) is 0 Å². The van der Waals surface area contributed by atoms with Crippen molar-refractivity contribution in [2.24, 2.45) is 0 Å². The molecular weight excluding hydrogens is 356 g/mol. The van der Waals surface area contributed by atoms with E-state index in [1.165, 1.54) is 77.7 Å².